The van der Waals surface area contributed by atoms with Crippen LogP contribution in [-0.2, 0) is 9.53 Å². The van der Waals surface area contributed by atoms with Crippen LogP contribution in [0.5, 0.6) is 0 Å². The van der Waals surface area contributed by atoms with Crippen molar-refractivity contribution in [1.82, 2.24) is 19.5 Å². The van der Waals surface area contributed by atoms with Crippen LogP contribution in [0.4, 0.5) is 13.2 Å². The lowest BCUT2D eigenvalue weighted by Crippen LogP contribution is -2.41. The Morgan fingerprint density at radius 2 is 1.89 bits per heavy atom. The molecule has 9 heteroatoms. The van der Waals surface area contributed by atoms with E-state index >= 15 is 0 Å². The lowest BCUT2D eigenvalue weighted by atomic mass is 9.80. The molecule has 1 amide bonds. The number of fused-ring (bicyclic) bond motifs is 1. The first-order valence-electron chi connectivity index (χ1n) is 9.54. The Kier molecular flexibility index (Phi) is 4.81. The molecule has 0 radical (unpaired) electrons. The fourth-order valence-electron chi connectivity index (χ4n) is 4.15. The molecule has 6 nitrogen and oxygen atoms in total. The van der Waals surface area contributed by atoms with Crippen molar-refractivity contribution in [2.75, 3.05) is 20.2 Å². The molecule has 1 atom stereocenters. The number of aryl methyl sites for hydroxylation is 1. The number of rotatable bonds is 2. The summed E-state index contributed by atoms with van der Waals surface area (Å²) in [5, 5.41) is 4.62. The van der Waals surface area contributed by atoms with Gasteiger partial charge in [-0.1, -0.05) is 0 Å². The minimum absolute atomic E-state index is 0.0286. The van der Waals surface area contributed by atoms with E-state index in [-0.39, 0.29) is 24.7 Å². The highest BCUT2D eigenvalue weighted by Gasteiger charge is 2.42. The fourth-order valence-corrected chi connectivity index (χ4v) is 4.15. The summed E-state index contributed by atoms with van der Waals surface area (Å²) in [7, 11) is 1.73. The van der Waals surface area contributed by atoms with Gasteiger partial charge in [0, 0.05) is 31.3 Å². The number of carbonyl (C=O) groups is 1. The van der Waals surface area contributed by atoms with E-state index in [1.165, 1.54) is 0 Å². The zero-order chi connectivity index (χ0) is 20.1. The van der Waals surface area contributed by atoms with Gasteiger partial charge in [-0.3, -0.25) is 4.79 Å². The van der Waals surface area contributed by atoms with E-state index in [1.54, 1.807) is 22.5 Å². The molecular weight excluding hydrogens is 373 g/mol. The molecule has 4 rings (SSSR count). The summed E-state index contributed by atoms with van der Waals surface area (Å²) >= 11 is 0. The highest BCUT2D eigenvalue weighted by Crippen LogP contribution is 2.42. The molecule has 1 aliphatic carbocycles. The Morgan fingerprint density at radius 1 is 1.18 bits per heavy atom. The number of alkyl halides is 3. The average Bonchev–Trinajstić information content (AvgIpc) is 3.07. The number of aromatic nitrogens is 3. The predicted octanol–water partition coefficient (Wildman–Crippen LogP) is 3.40. The molecule has 28 heavy (non-hydrogen) atoms. The Balaban J connectivity index is 1.64. The highest BCUT2D eigenvalue weighted by molar-refractivity contribution is 5.82. The smallest absolute Gasteiger partial charge is 0.360 e. The molecule has 0 bridgehead atoms. The van der Waals surface area contributed by atoms with E-state index in [9.17, 15) is 18.0 Å². The Hall–Kier alpha value is -2.16. The third-order valence-corrected chi connectivity index (χ3v) is 5.79. The van der Waals surface area contributed by atoms with Crippen LogP contribution in [0, 0.1) is 12.8 Å². The van der Waals surface area contributed by atoms with Crippen LogP contribution in [0.15, 0.2) is 12.1 Å². The van der Waals surface area contributed by atoms with Gasteiger partial charge >= 0.3 is 6.18 Å². The highest BCUT2D eigenvalue weighted by atomic mass is 19.4. The van der Waals surface area contributed by atoms with Gasteiger partial charge in [0.2, 0.25) is 0 Å². The topological polar surface area (TPSA) is 59.7 Å². The molecule has 0 aromatic carbocycles. The van der Waals surface area contributed by atoms with Crippen LogP contribution in [0.2, 0.25) is 0 Å². The zero-order valence-corrected chi connectivity index (χ0v) is 15.9. The van der Waals surface area contributed by atoms with Gasteiger partial charge in [0.05, 0.1) is 23.9 Å². The van der Waals surface area contributed by atoms with Gasteiger partial charge in [-0.25, -0.2) is 9.50 Å². The van der Waals surface area contributed by atoms with Gasteiger partial charge in [-0.15, -0.1) is 0 Å². The van der Waals surface area contributed by atoms with Gasteiger partial charge in [0.25, 0.3) is 5.91 Å². The molecule has 2 aromatic rings. The SMILES string of the molecule is Cc1cc(C2OCCN(C)C2=O)n2nc(C3CCC(C(F)(F)F)CC3)cc2n1. The Labute approximate surface area is 160 Å². The molecule has 3 heterocycles. The van der Waals surface area contributed by atoms with Crippen molar-refractivity contribution in [3.63, 3.8) is 0 Å². The quantitative estimate of drug-likeness (QED) is 0.781. The van der Waals surface area contributed by atoms with Gasteiger partial charge < -0.3 is 9.64 Å². The summed E-state index contributed by atoms with van der Waals surface area (Å²) in [6, 6.07) is 3.61. The van der Waals surface area contributed by atoms with E-state index in [1.807, 2.05) is 13.0 Å². The average molecular weight is 396 g/mol. The first kappa shape index (κ1) is 19.2. The molecule has 2 aromatic heterocycles. The minimum Gasteiger partial charge on any atom is -0.360 e. The second-order valence-corrected chi connectivity index (χ2v) is 7.76. The normalized spacial score (nSPS) is 26.8. The molecule has 2 aliphatic rings. The van der Waals surface area contributed by atoms with Crippen molar-refractivity contribution in [3.05, 3.63) is 29.2 Å². The maximum absolute atomic E-state index is 12.9. The lowest BCUT2D eigenvalue weighted by Gasteiger charge is -2.30. The Bertz CT molecular complexity index is 887. The molecule has 1 saturated heterocycles. The summed E-state index contributed by atoms with van der Waals surface area (Å²) < 4.78 is 46.1. The molecule has 1 saturated carbocycles. The monoisotopic (exact) mass is 396 g/mol. The third kappa shape index (κ3) is 3.47. The van der Waals surface area contributed by atoms with E-state index < -0.39 is 18.2 Å². The number of morpholine rings is 1. The number of carbonyl (C=O) groups excluding carboxylic acids is 1. The standard InChI is InChI=1S/C19H23F3N4O2/c1-11-9-15(17-18(27)25(2)7-8-28-17)26-16(23-11)10-14(24-26)12-3-5-13(6-4-12)19(20,21)22/h9-10,12-13,17H,3-8H2,1-2H3. The van der Waals surface area contributed by atoms with Crippen LogP contribution < -0.4 is 0 Å². The van der Waals surface area contributed by atoms with Gasteiger partial charge in [-0.05, 0) is 38.7 Å². The molecule has 1 aliphatic heterocycles. The van der Waals surface area contributed by atoms with Crippen molar-refractivity contribution in [2.45, 2.75) is 50.8 Å². The van der Waals surface area contributed by atoms with Crippen LogP contribution in [0.1, 0.15) is 54.8 Å². The molecule has 1 unspecified atom stereocenters. The first-order chi connectivity index (χ1) is 13.2. The molecular formula is C19H23F3N4O2. The maximum Gasteiger partial charge on any atom is 0.391 e. The van der Waals surface area contributed by atoms with Crippen molar-refractivity contribution >= 4 is 11.6 Å². The number of hydrogen-bond donors (Lipinski definition) is 0. The van der Waals surface area contributed by atoms with E-state index in [0.717, 1.165) is 11.4 Å². The summed E-state index contributed by atoms with van der Waals surface area (Å²) in [5.41, 5.74) is 2.66. The summed E-state index contributed by atoms with van der Waals surface area (Å²) in [4.78, 5) is 18.7. The minimum atomic E-state index is -4.12. The largest absolute Gasteiger partial charge is 0.391 e. The van der Waals surface area contributed by atoms with Crippen molar-refractivity contribution in [2.24, 2.45) is 5.92 Å². The lowest BCUT2D eigenvalue weighted by molar-refractivity contribution is -0.182. The summed E-state index contributed by atoms with van der Waals surface area (Å²) in [6.45, 7) is 2.81. The molecule has 152 valence electrons. The summed E-state index contributed by atoms with van der Waals surface area (Å²) in [6.07, 6.45) is -3.74. The number of halogens is 3. The van der Waals surface area contributed by atoms with Crippen LogP contribution in [0.3, 0.4) is 0 Å². The van der Waals surface area contributed by atoms with Crippen molar-refractivity contribution in [1.29, 1.82) is 0 Å². The number of likely N-dealkylation sites (N-methyl/N-ethyl adjacent to an activating group) is 1. The van der Waals surface area contributed by atoms with E-state index in [4.69, 9.17) is 4.74 Å². The Morgan fingerprint density at radius 3 is 2.57 bits per heavy atom. The molecule has 0 spiro atoms. The van der Waals surface area contributed by atoms with Crippen molar-refractivity contribution < 1.29 is 22.7 Å². The number of nitrogens with zero attached hydrogens (tertiary/aromatic N) is 4. The maximum atomic E-state index is 12.9. The number of ether oxygens (including phenoxy) is 1. The second-order valence-electron chi connectivity index (χ2n) is 7.76. The second kappa shape index (κ2) is 7.02. The number of hydrogen-bond acceptors (Lipinski definition) is 4. The fraction of sp³-hybridized carbons (Fsp3) is 0.632. The van der Waals surface area contributed by atoms with E-state index in [0.29, 0.717) is 37.3 Å². The van der Waals surface area contributed by atoms with Crippen LogP contribution in [0.25, 0.3) is 5.65 Å². The third-order valence-electron chi connectivity index (χ3n) is 5.79. The van der Waals surface area contributed by atoms with Crippen LogP contribution >= 0.6 is 0 Å². The van der Waals surface area contributed by atoms with Gasteiger partial charge in [-0.2, -0.15) is 18.3 Å². The summed E-state index contributed by atoms with van der Waals surface area (Å²) in [5.74, 6) is -1.39. The van der Waals surface area contributed by atoms with Gasteiger partial charge in [0.15, 0.2) is 11.8 Å². The van der Waals surface area contributed by atoms with Gasteiger partial charge in [0.1, 0.15) is 0 Å². The van der Waals surface area contributed by atoms with E-state index in [2.05, 4.69) is 10.1 Å². The van der Waals surface area contributed by atoms with Crippen molar-refractivity contribution in [3.8, 4) is 0 Å². The molecule has 2 fully saturated rings. The zero-order valence-electron chi connectivity index (χ0n) is 15.9. The molecule has 0 N–H and O–H groups in total. The number of amides is 1. The predicted molar refractivity (Wildman–Crippen MR) is 94.8 cm³/mol. The van der Waals surface area contributed by atoms with Crippen LogP contribution in [-0.4, -0.2) is 51.8 Å². The first-order valence-corrected chi connectivity index (χ1v) is 9.54.